The van der Waals surface area contributed by atoms with Crippen LogP contribution in [-0.2, 0) is 0 Å². The molecule has 2 aliphatic heterocycles. The van der Waals surface area contributed by atoms with Gasteiger partial charge in [-0.2, -0.15) is 0 Å². The third-order valence-electron chi connectivity index (χ3n) is 8.97. The number of allylic oxidation sites excluding steroid dienone is 1. The minimum Gasteiger partial charge on any atom is -0.508 e. The lowest BCUT2D eigenvalue weighted by molar-refractivity contribution is 0.169. The van der Waals surface area contributed by atoms with Crippen molar-refractivity contribution in [1.82, 2.24) is 4.90 Å². The van der Waals surface area contributed by atoms with Crippen LogP contribution in [0.5, 0.6) is 23.0 Å². The molecule has 0 spiro atoms. The predicted molar refractivity (Wildman–Crippen MR) is 160 cm³/mol. The molecule has 0 bridgehead atoms. The van der Waals surface area contributed by atoms with Gasteiger partial charge >= 0.3 is 0 Å². The molecule has 0 radical (unpaired) electrons. The molecule has 1 unspecified atom stereocenters. The van der Waals surface area contributed by atoms with Crippen molar-refractivity contribution in [3.63, 3.8) is 0 Å². The highest BCUT2D eigenvalue weighted by Gasteiger charge is 2.35. The van der Waals surface area contributed by atoms with Crippen LogP contribution in [0.2, 0.25) is 0 Å². The van der Waals surface area contributed by atoms with E-state index in [1.54, 1.807) is 12.1 Å². The van der Waals surface area contributed by atoms with E-state index in [2.05, 4.69) is 36.9 Å². The number of benzene rings is 3. The Balaban J connectivity index is 1.35. The first-order chi connectivity index (χ1) is 19.5. The van der Waals surface area contributed by atoms with E-state index in [1.165, 1.54) is 31.3 Å². The highest BCUT2D eigenvalue weighted by atomic mass is 16.5. The fourth-order valence-electron chi connectivity index (χ4n) is 6.78. The van der Waals surface area contributed by atoms with Crippen molar-refractivity contribution < 1.29 is 19.7 Å². The van der Waals surface area contributed by atoms with Gasteiger partial charge in [0.15, 0.2) is 0 Å². The molecule has 3 aromatic rings. The van der Waals surface area contributed by atoms with Crippen molar-refractivity contribution in [3.05, 3.63) is 83.4 Å². The van der Waals surface area contributed by atoms with E-state index in [0.717, 1.165) is 65.6 Å². The average Bonchev–Trinajstić information content (AvgIpc) is 3.42. The van der Waals surface area contributed by atoms with Gasteiger partial charge in [-0.05, 0) is 104 Å². The largest absolute Gasteiger partial charge is 0.508 e. The van der Waals surface area contributed by atoms with Crippen molar-refractivity contribution in [2.75, 3.05) is 19.7 Å². The van der Waals surface area contributed by atoms with Crippen molar-refractivity contribution >= 4 is 11.1 Å². The summed E-state index contributed by atoms with van der Waals surface area (Å²) in [6, 6.07) is 21.6. The first-order valence-electron chi connectivity index (χ1n) is 15.0. The molecule has 3 atom stereocenters. The number of likely N-dealkylation sites (tertiary alicyclic amines) is 1. The third kappa shape index (κ3) is 5.57. The van der Waals surface area contributed by atoms with Crippen LogP contribution >= 0.6 is 0 Å². The van der Waals surface area contributed by atoms with Crippen molar-refractivity contribution in [2.45, 2.75) is 64.5 Å². The summed E-state index contributed by atoms with van der Waals surface area (Å²) < 4.78 is 12.9. The van der Waals surface area contributed by atoms with E-state index >= 15 is 0 Å². The molecular weight excluding hydrogens is 498 g/mol. The number of hydrogen-bond acceptors (Lipinski definition) is 5. The molecule has 0 amide bonds. The molecule has 1 saturated heterocycles. The van der Waals surface area contributed by atoms with E-state index in [4.69, 9.17) is 9.47 Å². The third-order valence-corrected chi connectivity index (χ3v) is 8.97. The predicted octanol–water partition coefficient (Wildman–Crippen LogP) is 7.83. The number of fused-ring (bicyclic) bond motifs is 1. The van der Waals surface area contributed by atoms with Gasteiger partial charge in [0.1, 0.15) is 35.7 Å². The van der Waals surface area contributed by atoms with Crippen LogP contribution in [0.3, 0.4) is 0 Å². The molecule has 3 aliphatic rings. The fraction of sp³-hybridized carbons (Fsp3) is 0.429. The second-order valence-electron chi connectivity index (χ2n) is 12.0. The number of phenolic OH excluding ortho intramolecular Hbond substituents is 2. The standard InChI is InChI=1S/C35H41NO4/c1-23-17-18-36(21-23)24(2)22-39-30-14-11-26(12-15-30)35-34(27-9-6-10-28(37)19-27)33(25-7-4-3-5-8-25)31-20-29(38)13-16-32(31)40-35/h6,9-16,19-20,23-25,35,37-38H,3-5,7-8,17-18,21-22H2,1-2H3/t23-,24+,35?/m1/s1. The van der Waals surface area contributed by atoms with Gasteiger partial charge < -0.3 is 19.7 Å². The number of nitrogens with zero attached hydrogens (tertiary/aromatic N) is 1. The van der Waals surface area contributed by atoms with Crippen molar-refractivity contribution in [1.29, 1.82) is 0 Å². The lowest BCUT2D eigenvalue weighted by Gasteiger charge is -2.36. The SMILES string of the molecule is C[C@@H]1CCN([C@@H](C)COc2ccc(C3Oc4ccc(O)cc4C(C4CCCCC4)=C3c3cccc(O)c3)cc2)C1. The minimum absolute atomic E-state index is 0.235. The Morgan fingerprint density at radius 1 is 0.900 bits per heavy atom. The first kappa shape index (κ1) is 26.8. The summed E-state index contributed by atoms with van der Waals surface area (Å²) in [5, 5.41) is 20.9. The highest BCUT2D eigenvalue weighted by molar-refractivity contribution is 5.97. The zero-order valence-electron chi connectivity index (χ0n) is 23.7. The molecule has 5 heteroatoms. The summed E-state index contributed by atoms with van der Waals surface area (Å²) >= 11 is 0. The Bertz CT molecular complexity index is 1360. The van der Waals surface area contributed by atoms with Crippen LogP contribution in [0.25, 0.3) is 11.1 Å². The summed E-state index contributed by atoms with van der Waals surface area (Å²) in [5.74, 6) is 3.26. The first-order valence-corrected chi connectivity index (χ1v) is 15.0. The van der Waals surface area contributed by atoms with Gasteiger partial charge in [-0.15, -0.1) is 0 Å². The number of ether oxygens (including phenoxy) is 2. The zero-order valence-corrected chi connectivity index (χ0v) is 23.7. The summed E-state index contributed by atoms with van der Waals surface area (Å²) in [6.07, 6.45) is 6.80. The van der Waals surface area contributed by atoms with Gasteiger partial charge in [0.05, 0.1) is 0 Å². The molecule has 2 fully saturated rings. The molecule has 1 saturated carbocycles. The Labute approximate surface area is 238 Å². The Hall–Kier alpha value is -3.44. The van der Waals surface area contributed by atoms with Gasteiger partial charge in [-0.3, -0.25) is 4.90 Å². The van der Waals surface area contributed by atoms with Crippen LogP contribution in [0, 0.1) is 11.8 Å². The molecule has 1 aliphatic carbocycles. The van der Waals surface area contributed by atoms with Crippen LogP contribution in [0.15, 0.2) is 66.7 Å². The summed E-state index contributed by atoms with van der Waals surface area (Å²) in [6.45, 7) is 7.53. The van der Waals surface area contributed by atoms with Crippen LogP contribution in [-0.4, -0.2) is 40.9 Å². The average molecular weight is 540 g/mol. The van der Waals surface area contributed by atoms with Crippen LogP contribution < -0.4 is 9.47 Å². The molecule has 3 aromatic carbocycles. The number of aromatic hydroxyl groups is 2. The summed E-state index contributed by atoms with van der Waals surface area (Å²) in [7, 11) is 0. The van der Waals surface area contributed by atoms with E-state index < -0.39 is 0 Å². The summed E-state index contributed by atoms with van der Waals surface area (Å²) in [4.78, 5) is 2.52. The van der Waals surface area contributed by atoms with Gasteiger partial charge in [-0.1, -0.05) is 50.5 Å². The molecule has 0 aromatic heterocycles. The van der Waals surface area contributed by atoms with E-state index in [0.29, 0.717) is 18.6 Å². The van der Waals surface area contributed by atoms with Gasteiger partial charge in [-0.25, -0.2) is 0 Å². The maximum atomic E-state index is 10.5. The quantitative estimate of drug-likeness (QED) is 0.320. The maximum absolute atomic E-state index is 10.5. The molecule has 2 heterocycles. The molecule has 40 heavy (non-hydrogen) atoms. The van der Waals surface area contributed by atoms with Crippen molar-refractivity contribution in [2.24, 2.45) is 11.8 Å². The topological polar surface area (TPSA) is 62.2 Å². The van der Waals surface area contributed by atoms with Crippen molar-refractivity contribution in [3.8, 4) is 23.0 Å². The highest BCUT2D eigenvalue weighted by Crippen LogP contribution is 2.52. The zero-order chi connectivity index (χ0) is 27.6. The number of rotatable bonds is 7. The Morgan fingerprint density at radius 2 is 1.68 bits per heavy atom. The van der Waals surface area contributed by atoms with Gasteiger partial charge in [0.2, 0.25) is 0 Å². The number of phenols is 2. The molecular formula is C35H41NO4. The second kappa shape index (κ2) is 11.6. The number of hydrogen-bond donors (Lipinski definition) is 2. The van der Waals surface area contributed by atoms with Gasteiger partial charge in [0, 0.05) is 23.7 Å². The molecule has 2 N–H and O–H groups in total. The second-order valence-corrected chi connectivity index (χ2v) is 12.0. The molecule has 5 nitrogen and oxygen atoms in total. The van der Waals surface area contributed by atoms with E-state index in [9.17, 15) is 10.2 Å². The monoisotopic (exact) mass is 539 g/mol. The lowest BCUT2D eigenvalue weighted by Crippen LogP contribution is -2.35. The Morgan fingerprint density at radius 3 is 2.40 bits per heavy atom. The van der Waals surface area contributed by atoms with E-state index in [1.807, 2.05) is 36.4 Å². The normalized spacial score (nSPS) is 22.6. The van der Waals surface area contributed by atoms with E-state index in [-0.39, 0.29) is 17.6 Å². The maximum Gasteiger partial charge on any atom is 0.150 e. The minimum atomic E-state index is -0.338. The summed E-state index contributed by atoms with van der Waals surface area (Å²) in [5.41, 5.74) is 5.27. The van der Waals surface area contributed by atoms with Crippen LogP contribution in [0.1, 0.15) is 75.2 Å². The lowest BCUT2D eigenvalue weighted by atomic mass is 9.74. The smallest absolute Gasteiger partial charge is 0.150 e. The molecule has 210 valence electrons. The molecule has 6 rings (SSSR count). The van der Waals surface area contributed by atoms with Gasteiger partial charge in [0.25, 0.3) is 0 Å². The fourth-order valence-corrected chi connectivity index (χ4v) is 6.78. The Kier molecular flexibility index (Phi) is 7.75. The van der Waals surface area contributed by atoms with Crippen LogP contribution in [0.4, 0.5) is 0 Å².